The third kappa shape index (κ3) is 7.55. The molecule has 0 saturated heterocycles. The van der Waals surface area contributed by atoms with Crippen LogP contribution in [0.1, 0.15) is 33.7 Å². The lowest BCUT2D eigenvalue weighted by molar-refractivity contribution is -0.168. The second kappa shape index (κ2) is 14.4. The highest BCUT2D eigenvalue weighted by Crippen LogP contribution is 2.48. The monoisotopic (exact) mass is 718 g/mol. The predicted octanol–water partition coefficient (Wildman–Crippen LogP) is 2.95. The van der Waals surface area contributed by atoms with E-state index >= 15 is 0 Å². The molecule has 1 unspecified atom stereocenters. The molecule has 10 N–H and O–H groups in total. The number of hydrogen-bond donors (Lipinski definition) is 10. The minimum atomic E-state index is -1.97. The van der Waals surface area contributed by atoms with Gasteiger partial charge in [0.1, 0.15) is 0 Å². The van der Waals surface area contributed by atoms with Crippen LogP contribution in [0.4, 0.5) is 0 Å². The van der Waals surface area contributed by atoms with E-state index in [1.165, 1.54) is 18.2 Å². The fourth-order valence-corrected chi connectivity index (χ4v) is 5.76. The van der Waals surface area contributed by atoms with Crippen LogP contribution in [-0.2, 0) is 41.5 Å². The Morgan fingerprint density at radius 2 is 1.02 bits per heavy atom. The zero-order chi connectivity index (χ0) is 38.0. The normalized spacial score (nSPS) is 16.1. The van der Waals surface area contributed by atoms with Crippen molar-refractivity contribution in [3.63, 3.8) is 0 Å². The molecule has 52 heavy (non-hydrogen) atoms. The van der Waals surface area contributed by atoms with Gasteiger partial charge in [0.25, 0.3) is 0 Å². The van der Waals surface area contributed by atoms with Gasteiger partial charge in [-0.3, -0.25) is 4.79 Å². The fourth-order valence-electron chi connectivity index (χ4n) is 5.76. The molecule has 0 bridgehead atoms. The average molecular weight is 719 g/mol. The van der Waals surface area contributed by atoms with E-state index in [0.717, 1.165) is 54.6 Å². The van der Waals surface area contributed by atoms with Crippen LogP contribution in [0, 0.1) is 5.92 Å². The molecular formula is C36H30O16. The number of hydrogen-bond acceptors (Lipinski definition) is 14. The molecule has 0 saturated carbocycles. The van der Waals surface area contributed by atoms with E-state index in [4.69, 9.17) is 9.47 Å². The summed E-state index contributed by atoms with van der Waals surface area (Å²) >= 11 is 0. The number of benzene rings is 4. The number of carbonyl (C=O) groups is 4. The van der Waals surface area contributed by atoms with Gasteiger partial charge in [-0.2, -0.15) is 0 Å². The molecule has 0 radical (unpaired) electrons. The van der Waals surface area contributed by atoms with E-state index in [-0.39, 0.29) is 27.8 Å². The Hall–Kier alpha value is -7.10. The van der Waals surface area contributed by atoms with Crippen LogP contribution in [0.5, 0.6) is 46.0 Å². The Morgan fingerprint density at radius 1 is 0.558 bits per heavy atom. The Labute approximate surface area is 292 Å². The van der Waals surface area contributed by atoms with Crippen molar-refractivity contribution in [2.75, 3.05) is 0 Å². The molecule has 1 aliphatic rings. The van der Waals surface area contributed by atoms with Crippen molar-refractivity contribution < 1.29 is 79.7 Å². The van der Waals surface area contributed by atoms with Gasteiger partial charge in [-0.25, -0.2) is 14.4 Å². The third-order valence-electron chi connectivity index (χ3n) is 8.32. The first-order valence-electron chi connectivity index (χ1n) is 15.2. The van der Waals surface area contributed by atoms with Gasteiger partial charge in [-0.05, 0) is 82.4 Å². The number of aromatic hydroxyl groups is 8. The van der Waals surface area contributed by atoms with Gasteiger partial charge in [0, 0.05) is 18.8 Å². The Kier molecular flexibility index (Phi) is 10.0. The number of rotatable bonds is 11. The molecule has 4 aromatic carbocycles. The lowest BCUT2D eigenvalue weighted by Crippen LogP contribution is -2.39. The Balaban J connectivity index is 1.61. The van der Waals surface area contributed by atoms with Crippen molar-refractivity contribution >= 4 is 30.0 Å². The first-order chi connectivity index (χ1) is 24.5. The first kappa shape index (κ1) is 36.2. The minimum absolute atomic E-state index is 0.00618. The molecule has 16 heteroatoms. The van der Waals surface area contributed by atoms with Crippen LogP contribution in [0.2, 0.25) is 0 Å². The average Bonchev–Trinajstić information content (AvgIpc) is 3.08. The maximum absolute atomic E-state index is 14.2. The summed E-state index contributed by atoms with van der Waals surface area (Å²) in [5.74, 6) is -14.2. The second-order valence-electron chi connectivity index (χ2n) is 11.8. The van der Waals surface area contributed by atoms with Crippen LogP contribution in [0.15, 0.2) is 72.3 Å². The van der Waals surface area contributed by atoms with E-state index in [0.29, 0.717) is 0 Å². The molecule has 5 rings (SSSR count). The SMILES string of the molecule is O=C(O[C@H](Cc1ccc(O)c(O)c1)C(=O)O)C1=Cc2cc(O)c(O)cc2[C@@H](c2ccc(O)c(O)c2)C1C(=O)O[C@H](Cc1ccc(O)c(O)c1)C(=O)O. The summed E-state index contributed by atoms with van der Waals surface area (Å²) in [7, 11) is 0. The summed E-state index contributed by atoms with van der Waals surface area (Å²) in [4.78, 5) is 52.7. The number of phenolic OH excluding ortho intramolecular Hbond substituents is 8. The molecule has 0 fully saturated rings. The van der Waals surface area contributed by atoms with Gasteiger partial charge in [-0.15, -0.1) is 0 Å². The molecule has 4 atom stereocenters. The number of aliphatic carboxylic acids is 2. The molecule has 0 aromatic heterocycles. The predicted molar refractivity (Wildman–Crippen MR) is 175 cm³/mol. The zero-order valence-electron chi connectivity index (χ0n) is 26.6. The van der Waals surface area contributed by atoms with Crippen LogP contribution >= 0.6 is 0 Å². The van der Waals surface area contributed by atoms with Crippen LogP contribution in [-0.4, -0.2) is 87.2 Å². The number of ether oxygens (including phenoxy) is 2. The van der Waals surface area contributed by atoms with Crippen molar-refractivity contribution in [1.29, 1.82) is 0 Å². The number of esters is 2. The van der Waals surface area contributed by atoms with E-state index in [1.807, 2.05) is 0 Å². The number of carboxylic acids is 2. The van der Waals surface area contributed by atoms with E-state index in [1.54, 1.807) is 0 Å². The van der Waals surface area contributed by atoms with Crippen molar-refractivity contribution in [1.82, 2.24) is 0 Å². The molecule has 16 nitrogen and oxygen atoms in total. The molecule has 270 valence electrons. The summed E-state index contributed by atoms with van der Waals surface area (Å²) < 4.78 is 10.8. The maximum Gasteiger partial charge on any atom is 0.345 e. The largest absolute Gasteiger partial charge is 0.504 e. The number of carboxylic acid groups (broad SMARTS) is 2. The van der Waals surface area contributed by atoms with Gasteiger partial charge in [0.2, 0.25) is 12.2 Å². The van der Waals surface area contributed by atoms with Crippen LogP contribution < -0.4 is 0 Å². The maximum atomic E-state index is 14.2. The van der Waals surface area contributed by atoms with Gasteiger partial charge >= 0.3 is 23.9 Å². The smallest absolute Gasteiger partial charge is 0.345 e. The molecule has 0 spiro atoms. The summed E-state index contributed by atoms with van der Waals surface area (Å²) in [6.45, 7) is 0. The Morgan fingerprint density at radius 3 is 1.52 bits per heavy atom. The van der Waals surface area contributed by atoms with Gasteiger partial charge in [0.05, 0.1) is 11.5 Å². The van der Waals surface area contributed by atoms with E-state index < -0.39 is 112 Å². The van der Waals surface area contributed by atoms with Crippen molar-refractivity contribution in [3.05, 3.63) is 100 Å². The second-order valence-corrected chi connectivity index (χ2v) is 11.8. The van der Waals surface area contributed by atoms with Crippen molar-refractivity contribution in [2.45, 2.75) is 31.0 Å². The van der Waals surface area contributed by atoms with Gasteiger partial charge in [-0.1, -0.05) is 18.2 Å². The third-order valence-corrected chi connectivity index (χ3v) is 8.32. The number of fused-ring (bicyclic) bond motifs is 1. The van der Waals surface area contributed by atoms with Gasteiger partial charge < -0.3 is 60.5 Å². The molecule has 0 aliphatic heterocycles. The van der Waals surface area contributed by atoms with Crippen molar-refractivity contribution in [2.24, 2.45) is 5.92 Å². The molecule has 4 aromatic rings. The molecule has 0 amide bonds. The van der Waals surface area contributed by atoms with Crippen LogP contribution in [0.3, 0.4) is 0 Å². The minimum Gasteiger partial charge on any atom is -0.504 e. The summed E-state index contributed by atoms with van der Waals surface area (Å²) in [6, 6.07) is 12.1. The topological polar surface area (TPSA) is 289 Å². The Bertz CT molecular complexity index is 2120. The molecule has 1 aliphatic carbocycles. The first-order valence-corrected chi connectivity index (χ1v) is 15.2. The van der Waals surface area contributed by atoms with Crippen molar-refractivity contribution in [3.8, 4) is 46.0 Å². The zero-order valence-corrected chi connectivity index (χ0v) is 26.6. The summed E-state index contributed by atoms with van der Waals surface area (Å²) in [6.07, 6.45) is -3.95. The standard InChI is InChI=1S/C36H30O16/c37-21-4-1-15(7-24(21)40)9-29(33(45)46)51-35(49)20-11-18-13-27(43)28(44)14-19(18)31(17-3-6-23(39)26(42)12-17)32(20)36(50)52-30(34(47)48)10-16-2-5-22(38)25(41)8-16/h1-8,11-14,29-32,37-44H,9-10H2,(H,45,46)(H,47,48)/t29-,30-,31-,32?/m1/s1. The lowest BCUT2D eigenvalue weighted by Gasteiger charge is -2.33. The fraction of sp³-hybridized carbons (Fsp3) is 0.167. The highest BCUT2D eigenvalue weighted by atomic mass is 16.6. The summed E-state index contributed by atoms with van der Waals surface area (Å²) in [5.41, 5.74) is -0.309. The number of phenols is 8. The summed E-state index contributed by atoms with van der Waals surface area (Å²) in [5, 5.41) is 100. The highest BCUT2D eigenvalue weighted by Gasteiger charge is 2.45. The van der Waals surface area contributed by atoms with Crippen LogP contribution in [0.25, 0.3) is 6.08 Å². The number of carbonyl (C=O) groups excluding carboxylic acids is 2. The lowest BCUT2D eigenvalue weighted by atomic mass is 9.71. The van der Waals surface area contributed by atoms with Gasteiger partial charge in [0.15, 0.2) is 46.0 Å². The van der Waals surface area contributed by atoms with E-state index in [2.05, 4.69) is 0 Å². The molecule has 0 heterocycles. The quantitative estimate of drug-likeness (QED) is 0.0788. The molecular weight excluding hydrogens is 688 g/mol. The van der Waals surface area contributed by atoms with E-state index in [9.17, 15) is 70.2 Å². The highest BCUT2D eigenvalue weighted by molar-refractivity contribution is 6.03.